The number of aliphatic hydroxyl groups excluding tert-OH is 1. The number of carbonyl (C=O) groups is 1. The third-order valence-electron chi connectivity index (χ3n) is 1.93. The summed E-state index contributed by atoms with van der Waals surface area (Å²) in [4.78, 5) is 11.2. The van der Waals surface area contributed by atoms with E-state index in [1.165, 1.54) is 19.1 Å². The van der Waals surface area contributed by atoms with Crippen molar-refractivity contribution in [3.05, 3.63) is 29.6 Å². The average Bonchev–Trinajstić information content (AvgIpc) is 2.25. The summed E-state index contributed by atoms with van der Waals surface area (Å²) in [6.07, 6.45) is -0.843. The molecule has 0 amide bonds. The van der Waals surface area contributed by atoms with Gasteiger partial charge < -0.3 is 9.84 Å². The second-order valence-corrected chi connectivity index (χ2v) is 3.62. The number of Topliss-reactive ketones (excluding diaryl/α,β-unsaturated/α-hetero) is 1. The van der Waals surface area contributed by atoms with Crippen LogP contribution in [-0.4, -0.2) is 29.5 Å². The molecule has 16 heavy (non-hydrogen) atoms. The van der Waals surface area contributed by atoms with Crippen LogP contribution in [0.4, 0.5) is 4.39 Å². The highest BCUT2D eigenvalue weighted by atomic mass is 35.5. The minimum Gasteiger partial charge on any atom is -0.490 e. The number of hydrogen-bond acceptors (Lipinski definition) is 3. The van der Waals surface area contributed by atoms with Gasteiger partial charge in [-0.2, -0.15) is 0 Å². The van der Waals surface area contributed by atoms with Gasteiger partial charge >= 0.3 is 0 Å². The van der Waals surface area contributed by atoms with Crippen LogP contribution in [0.25, 0.3) is 0 Å². The second-order valence-electron chi connectivity index (χ2n) is 3.32. The highest BCUT2D eigenvalue weighted by molar-refractivity contribution is 6.18. The van der Waals surface area contributed by atoms with Crippen LogP contribution >= 0.6 is 11.6 Å². The number of carbonyl (C=O) groups excluding carboxylic acids is 1. The van der Waals surface area contributed by atoms with Crippen molar-refractivity contribution in [3.8, 4) is 5.75 Å². The van der Waals surface area contributed by atoms with Gasteiger partial charge in [0.1, 0.15) is 24.3 Å². The maximum absolute atomic E-state index is 12.9. The molecule has 3 nitrogen and oxygen atoms in total. The van der Waals surface area contributed by atoms with Crippen LogP contribution in [-0.2, 0) is 0 Å². The van der Waals surface area contributed by atoms with Gasteiger partial charge in [0.25, 0.3) is 0 Å². The monoisotopic (exact) mass is 246 g/mol. The summed E-state index contributed by atoms with van der Waals surface area (Å²) < 4.78 is 18.1. The maximum Gasteiger partial charge on any atom is 0.163 e. The SMILES string of the molecule is CC(=O)c1ccc(F)cc1OCC(O)CCl. The lowest BCUT2D eigenvalue weighted by Crippen LogP contribution is -2.19. The fraction of sp³-hybridized carbons (Fsp3) is 0.364. The van der Waals surface area contributed by atoms with Gasteiger partial charge in [-0.3, -0.25) is 4.79 Å². The van der Waals surface area contributed by atoms with Gasteiger partial charge in [0.05, 0.1) is 11.4 Å². The van der Waals surface area contributed by atoms with E-state index >= 15 is 0 Å². The number of alkyl halides is 1. The Morgan fingerprint density at radius 3 is 2.88 bits per heavy atom. The van der Waals surface area contributed by atoms with Crippen LogP contribution < -0.4 is 4.74 Å². The number of aliphatic hydroxyl groups is 1. The molecule has 0 bridgehead atoms. The molecule has 88 valence electrons. The summed E-state index contributed by atoms with van der Waals surface area (Å²) in [5.41, 5.74) is 0.281. The summed E-state index contributed by atoms with van der Waals surface area (Å²) in [5.74, 6) is -0.586. The van der Waals surface area contributed by atoms with Gasteiger partial charge in [-0.25, -0.2) is 4.39 Å². The largest absolute Gasteiger partial charge is 0.490 e. The topological polar surface area (TPSA) is 46.5 Å². The molecule has 1 N–H and O–H groups in total. The van der Waals surface area contributed by atoms with E-state index in [1.54, 1.807) is 0 Å². The van der Waals surface area contributed by atoms with Gasteiger partial charge in [0, 0.05) is 6.07 Å². The third-order valence-corrected chi connectivity index (χ3v) is 2.29. The highest BCUT2D eigenvalue weighted by Gasteiger charge is 2.11. The Morgan fingerprint density at radius 2 is 2.31 bits per heavy atom. The lowest BCUT2D eigenvalue weighted by Gasteiger charge is -2.12. The van der Waals surface area contributed by atoms with Gasteiger partial charge in [-0.1, -0.05) is 0 Å². The Morgan fingerprint density at radius 1 is 1.62 bits per heavy atom. The van der Waals surface area contributed by atoms with E-state index in [1.807, 2.05) is 0 Å². The Balaban J connectivity index is 2.84. The second kappa shape index (κ2) is 5.82. The van der Waals surface area contributed by atoms with E-state index in [2.05, 4.69) is 0 Å². The molecule has 1 aromatic rings. The van der Waals surface area contributed by atoms with E-state index in [-0.39, 0.29) is 29.6 Å². The van der Waals surface area contributed by atoms with Crippen LogP contribution in [0.1, 0.15) is 17.3 Å². The number of hydrogen-bond donors (Lipinski definition) is 1. The van der Waals surface area contributed by atoms with Gasteiger partial charge in [0.2, 0.25) is 0 Å². The van der Waals surface area contributed by atoms with Crippen molar-refractivity contribution in [2.45, 2.75) is 13.0 Å². The molecule has 1 unspecified atom stereocenters. The molecular weight excluding hydrogens is 235 g/mol. The van der Waals surface area contributed by atoms with E-state index in [0.29, 0.717) is 0 Å². The lowest BCUT2D eigenvalue weighted by atomic mass is 10.1. The van der Waals surface area contributed by atoms with E-state index in [4.69, 9.17) is 16.3 Å². The molecular formula is C11H12ClFO3. The summed E-state index contributed by atoms with van der Waals surface area (Å²) >= 11 is 5.38. The Hall–Kier alpha value is -1.13. The van der Waals surface area contributed by atoms with Crippen molar-refractivity contribution in [2.75, 3.05) is 12.5 Å². The molecule has 0 saturated carbocycles. The summed E-state index contributed by atoms with van der Waals surface area (Å²) in [5, 5.41) is 9.18. The van der Waals surface area contributed by atoms with Crippen LogP contribution in [0.15, 0.2) is 18.2 Å². The standard InChI is InChI=1S/C11H12ClFO3/c1-7(14)10-3-2-8(13)4-11(10)16-6-9(15)5-12/h2-4,9,15H,5-6H2,1H3. The van der Waals surface area contributed by atoms with Crippen LogP contribution in [0, 0.1) is 5.82 Å². The molecule has 0 radical (unpaired) electrons. The zero-order chi connectivity index (χ0) is 12.1. The molecule has 0 heterocycles. The van der Waals surface area contributed by atoms with E-state index in [9.17, 15) is 14.3 Å². The zero-order valence-corrected chi connectivity index (χ0v) is 9.50. The third kappa shape index (κ3) is 3.47. The van der Waals surface area contributed by atoms with Crippen molar-refractivity contribution < 1.29 is 19.0 Å². The smallest absolute Gasteiger partial charge is 0.163 e. The predicted octanol–water partition coefficient (Wildman–Crippen LogP) is 2.01. The van der Waals surface area contributed by atoms with Crippen molar-refractivity contribution in [3.63, 3.8) is 0 Å². The van der Waals surface area contributed by atoms with Crippen LogP contribution in [0.5, 0.6) is 5.75 Å². The first-order valence-electron chi connectivity index (χ1n) is 4.72. The molecule has 1 atom stereocenters. The van der Waals surface area contributed by atoms with Crippen molar-refractivity contribution in [2.24, 2.45) is 0 Å². The Labute approximate surface area is 97.8 Å². The van der Waals surface area contributed by atoms with Crippen molar-refractivity contribution in [1.82, 2.24) is 0 Å². The van der Waals surface area contributed by atoms with Gasteiger partial charge in [0.15, 0.2) is 5.78 Å². The number of benzene rings is 1. The molecule has 0 aliphatic carbocycles. The van der Waals surface area contributed by atoms with Crippen molar-refractivity contribution in [1.29, 1.82) is 0 Å². The average molecular weight is 247 g/mol. The maximum atomic E-state index is 12.9. The number of ether oxygens (including phenoxy) is 1. The van der Waals surface area contributed by atoms with E-state index in [0.717, 1.165) is 6.07 Å². The van der Waals surface area contributed by atoms with Gasteiger partial charge in [-0.15, -0.1) is 11.6 Å². The molecule has 0 saturated heterocycles. The number of ketones is 1. The van der Waals surface area contributed by atoms with Gasteiger partial charge in [-0.05, 0) is 19.1 Å². The fourth-order valence-electron chi connectivity index (χ4n) is 1.14. The molecule has 0 aliphatic rings. The number of halogens is 2. The molecule has 1 aromatic carbocycles. The molecule has 5 heteroatoms. The summed E-state index contributed by atoms with van der Waals surface area (Å²) in [7, 11) is 0. The minimum absolute atomic E-state index is 0.0186. The zero-order valence-electron chi connectivity index (χ0n) is 8.74. The Kier molecular flexibility index (Phi) is 4.71. The first kappa shape index (κ1) is 12.9. The normalized spacial score (nSPS) is 12.2. The molecule has 0 fully saturated rings. The first-order valence-corrected chi connectivity index (χ1v) is 5.25. The molecule has 0 aromatic heterocycles. The predicted molar refractivity (Wildman–Crippen MR) is 58.6 cm³/mol. The minimum atomic E-state index is -0.843. The Bertz CT molecular complexity index is 381. The highest BCUT2D eigenvalue weighted by Crippen LogP contribution is 2.20. The van der Waals surface area contributed by atoms with E-state index < -0.39 is 11.9 Å². The van der Waals surface area contributed by atoms with Crippen molar-refractivity contribution >= 4 is 17.4 Å². The molecule has 0 aliphatic heterocycles. The lowest BCUT2D eigenvalue weighted by molar-refractivity contribution is 0.0997. The first-order chi connectivity index (χ1) is 7.54. The van der Waals surface area contributed by atoms with Crippen LogP contribution in [0.2, 0.25) is 0 Å². The quantitative estimate of drug-likeness (QED) is 0.639. The molecule has 1 rings (SSSR count). The fourth-order valence-corrected chi connectivity index (χ4v) is 1.23. The summed E-state index contributed by atoms with van der Waals surface area (Å²) in [6, 6.07) is 3.64. The number of rotatable bonds is 5. The molecule has 0 spiro atoms. The van der Waals surface area contributed by atoms with Crippen LogP contribution in [0.3, 0.4) is 0 Å². The summed E-state index contributed by atoms with van der Waals surface area (Å²) in [6.45, 7) is 1.28.